The van der Waals surface area contributed by atoms with Crippen molar-refractivity contribution in [2.75, 3.05) is 19.6 Å². The topological polar surface area (TPSA) is 112 Å². The second kappa shape index (κ2) is 8.85. The van der Waals surface area contributed by atoms with Crippen LogP contribution in [0.1, 0.15) is 65.8 Å². The summed E-state index contributed by atoms with van der Waals surface area (Å²) < 4.78 is 1.72. The molecule has 2 amide bonds. The quantitative estimate of drug-likeness (QED) is 0.474. The molecule has 4 heterocycles. The van der Waals surface area contributed by atoms with Gasteiger partial charge in [-0.25, -0.2) is 14.5 Å². The molecule has 36 heavy (non-hydrogen) atoms. The van der Waals surface area contributed by atoms with Gasteiger partial charge >= 0.3 is 0 Å². The van der Waals surface area contributed by atoms with Crippen LogP contribution in [0.4, 0.5) is 0 Å². The van der Waals surface area contributed by atoms with Gasteiger partial charge in [-0.3, -0.25) is 14.7 Å². The average Bonchev–Trinajstić information content (AvgIpc) is 3.52. The Morgan fingerprint density at radius 2 is 1.83 bits per heavy atom. The Labute approximate surface area is 209 Å². The van der Waals surface area contributed by atoms with E-state index in [1.165, 1.54) is 11.9 Å². The minimum absolute atomic E-state index is 0.127. The largest absolute Gasteiger partial charge is 0.332 e. The minimum atomic E-state index is -0.599. The lowest BCUT2D eigenvalue weighted by Gasteiger charge is -2.46. The summed E-state index contributed by atoms with van der Waals surface area (Å²) in [5, 5.41) is 11.2. The molecule has 10 nitrogen and oxygen atoms in total. The van der Waals surface area contributed by atoms with Crippen LogP contribution in [0.3, 0.4) is 0 Å². The fourth-order valence-corrected chi connectivity index (χ4v) is 4.69. The Kier molecular flexibility index (Phi) is 5.82. The van der Waals surface area contributed by atoms with Crippen molar-refractivity contribution in [3.05, 3.63) is 65.5 Å². The molecular weight excluding hydrogens is 456 g/mol. The highest BCUT2D eigenvalue weighted by Crippen LogP contribution is 2.28. The van der Waals surface area contributed by atoms with E-state index in [0.29, 0.717) is 31.0 Å². The van der Waals surface area contributed by atoms with E-state index in [1.54, 1.807) is 20.5 Å². The first kappa shape index (κ1) is 23.7. The SMILES string of the molecule is Cc1ccc(-c2cc(C(C)C)c3nc(C(=O)N4CCN(C(=O)c5nc[nH]n5)CC4(C)C)cn3n2)cc1. The number of piperazine rings is 1. The zero-order valence-electron chi connectivity index (χ0n) is 21.2. The number of benzene rings is 1. The van der Waals surface area contributed by atoms with Crippen LogP contribution in [0.15, 0.2) is 42.9 Å². The molecule has 0 bridgehead atoms. The van der Waals surface area contributed by atoms with Gasteiger partial charge in [0.2, 0.25) is 5.82 Å². The molecule has 186 valence electrons. The van der Waals surface area contributed by atoms with Gasteiger partial charge in [0.05, 0.1) is 17.4 Å². The molecule has 0 aliphatic carbocycles. The van der Waals surface area contributed by atoms with Crippen LogP contribution in [0.5, 0.6) is 0 Å². The summed E-state index contributed by atoms with van der Waals surface area (Å²) in [6.45, 7) is 11.3. The summed E-state index contributed by atoms with van der Waals surface area (Å²) in [5.41, 5.74) is 4.48. The van der Waals surface area contributed by atoms with Gasteiger partial charge in [-0.1, -0.05) is 43.7 Å². The molecule has 1 saturated heterocycles. The van der Waals surface area contributed by atoms with Crippen molar-refractivity contribution < 1.29 is 9.59 Å². The fraction of sp³-hybridized carbons (Fsp3) is 0.385. The number of imidazole rings is 1. The standard InChI is InChI=1S/C26H30N8O2/c1-16(2)19-12-20(18-8-6-17(3)7-9-18)31-34-13-21(29-23(19)34)24(35)33-11-10-32(14-26(33,4)5)25(36)22-27-15-28-30-22/h6-9,12-13,15-16H,10-11,14H2,1-5H3,(H,27,28,30). The van der Waals surface area contributed by atoms with Crippen molar-refractivity contribution in [3.8, 4) is 11.3 Å². The zero-order chi connectivity index (χ0) is 25.6. The molecule has 0 radical (unpaired) electrons. The van der Waals surface area contributed by atoms with Crippen LogP contribution in [0.2, 0.25) is 0 Å². The average molecular weight is 487 g/mol. The summed E-state index contributed by atoms with van der Waals surface area (Å²) in [7, 11) is 0. The van der Waals surface area contributed by atoms with Crippen LogP contribution >= 0.6 is 0 Å². The van der Waals surface area contributed by atoms with Gasteiger partial charge in [-0.2, -0.15) is 5.10 Å². The van der Waals surface area contributed by atoms with Gasteiger partial charge in [-0.15, -0.1) is 5.10 Å². The summed E-state index contributed by atoms with van der Waals surface area (Å²) in [6, 6.07) is 10.3. The van der Waals surface area contributed by atoms with E-state index in [4.69, 9.17) is 10.1 Å². The summed E-state index contributed by atoms with van der Waals surface area (Å²) in [4.78, 5) is 38.5. The molecule has 0 atom stereocenters. The van der Waals surface area contributed by atoms with Crippen LogP contribution in [0.25, 0.3) is 16.9 Å². The van der Waals surface area contributed by atoms with E-state index in [0.717, 1.165) is 16.8 Å². The molecule has 0 saturated carbocycles. The van der Waals surface area contributed by atoms with Gasteiger partial charge in [0.25, 0.3) is 11.8 Å². The lowest BCUT2D eigenvalue weighted by atomic mass is 9.98. The van der Waals surface area contributed by atoms with Gasteiger partial charge < -0.3 is 9.80 Å². The molecule has 3 aromatic heterocycles. The highest BCUT2D eigenvalue weighted by molar-refractivity contribution is 5.94. The highest BCUT2D eigenvalue weighted by Gasteiger charge is 2.40. The van der Waals surface area contributed by atoms with Crippen molar-refractivity contribution in [3.63, 3.8) is 0 Å². The predicted molar refractivity (Wildman–Crippen MR) is 135 cm³/mol. The molecule has 1 aliphatic heterocycles. The van der Waals surface area contributed by atoms with Crippen molar-refractivity contribution >= 4 is 17.5 Å². The number of aromatic nitrogens is 6. The number of aromatic amines is 1. The Balaban J connectivity index is 1.45. The first-order chi connectivity index (χ1) is 17.1. The van der Waals surface area contributed by atoms with E-state index in [9.17, 15) is 9.59 Å². The smallest absolute Gasteiger partial charge is 0.293 e. The fourth-order valence-electron chi connectivity index (χ4n) is 4.69. The molecule has 1 N–H and O–H groups in total. The lowest BCUT2D eigenvalue weighted by molar-refractivity contribution is 0.0160. The van der Waals surface area contributed by atoms with Crippen LogP contribution in [-0.2, 0) is 0 Å². The van der Waals surface area contributed by atoms with Crippen LogP contribution in [-0.4, -0.2) is 76.6 Å². The van der Waals surface area contributed by atoms with Crippen molar-refractivity contribution in [2.24, 2.45) is 0 Å². The molecule has 10 heteroatoms. The molecule has 1 aliphatic rings. The number of carbonyl (C=O) groups is 2. The van der Waals surface area contributed by atoms with E-state index < -0.39 is 5.54 Å². The monoisotopic (exact) mass is 486 g/mol. The van der Waals surface area contributed by atoms with Gasteiger partial charge in [0, 0.05) is 30.8 Å². The number of nitrogens with zero attached hydrogens (tertiary/aromatic N) is 7. The second-order valence-corrected chi connectivity index (χ2v) is 10.2. The normalized spacial score (nSPS) is 15.6. The summed E-state index contributed by atoms with van der Waals surface area (Å²) in [5.74, 6) is -0.102. The third-order valence-corrected chi connectivity index (χ3v) is 6.68. The Morgan fingerprint density at radius 3 is 2.47 bits per heavy atom. The highest BCUT2D eigenvalue weighted by atomic mass is 16.2. The summed E-state index contributed by atoms with van der Waals surface area (Å²) >= 11 is 0. The number of rotatable bonds is 4. The van der Waals surface area contributed by atoms with E-state index >= 15 is 0 Å². The van der Waals surface area contributed by atoms with Crippen molar-refractivity contribution in [1.82, 2.24) is 39.6 Å². The van der Waals surface area contributed by atoms with Crippen LogP contribution < -0.4 is 0 Å². The van der Waals surface area contributed by atoms with Gasteiger partial charge in [0.1, 0.15) is 12.0 Å². The number of hydrogen-bond donors (Lipinski definition) is 1. The Morgan fingerprint density at radius 1 is 1.08 bits per heavy atom. The number of H-pyrrole nitrogens is 1. The molecular formula is C26H30N8O2. The first-order valence-electron chi connectivity index (χ1n) is 12.1. The third kappa shape index (κ3) is 4.23. The molecule has 1 aromatic carbocycles. The number of carbonyl (C=O) groups excluding carboxylic acids is 2. The van der Waals surface area contributed by atoms with Crippen molar-refractivity contribution in [2.45, 2.75) is 46.1 Å². The van der Waals surface area contributed by atoms with Gasteiger partial charge in [-0.05, 0) is 32.8 Å². The maximum Gasteiger partial charge on any atom is 0.293 e. The minimum Gasteiger partial charge on any atom is -0.332 e. The molecule has 1 fully saturated rings. The van der Waals surface area contributed by atoms with Gasteiger partial charge in [0.15, 0.2) is 5.65 Å². The Bertz CT molecular complexity index is 1420. The molecule has 5 rings (SSSR count). The molecule has 0 spiro atoms. The van der Waals surface area contributed by atoms with E-state index in [2.05, 4.69) is 66.3 Å². The first-order valence-corrected chi connectivity index (χ1v) is 12.1. The number of aryl methyl sites for hydroxylation is 1. The van der Waals surface area contributed by atoms with E-state index in [-0.39, 0.29) is 23.6 Å². The third-order valence-electron chi connectivity index (χ3n) is 6.68. The number of nitrogens with one attached hydrogen (secondary N) is 1. The maximum atomic E-state index is 13.7. The number of fused-ring (bicyclic) bond motifs is 1. The van der Waals surface area contributed by atoms with E-state index in [1.807, 2.05) is 13.8 Å². The molecule has 4 aromatic rings. The maximum absolute atomic E-state index is 13.7. The van der Waals surface area contributed by atoms with Crippen molar-refractivity contribution in [1.29, 1.82) is 0 Å². The second-order valence-electron chi connectivity index (χ2n) is 10.2. The number of hydrogen-bond acceptors (Lipinski definition) is 6. The van der Waals surface area contributed by atoms with Crippen LogP contribution in [0, 0.1) is 6.92 Å². The zero-order valence-corrected chi connectivity index (χ0v) is 21.2. The predicted octanol–water partition coefficient (Wildman–Crippen LogP) is 3.32. The Hall–Kier alpha value is -4.08. The molecule has 0 unspecified atom stereocenters. The lowest BCUT2D eigenvalue weighted by Crippen LogP contribution is -2.62. The summed E-state index contributed by atoms with van der Waals surface area (Å²) in [6.07, 6.45) is 3.09. The number of amides is 2.